The summed E-state index contributed by atoms with van der Waals surface area (Å²) in [5.74, 6) is 0.171. The summed E-state index contributed by atoms with van der Waals surface area (Å²) >= 11 is 0. The summed E-state index contributed by atoms with van der Waals surface area (Å²) in [6.07, 6.45) is 5.45. The van der Waals surface area contributed by atoms with E-state index in [1.807, 2.05) is 42.8 Å². The lowest BCUT2D eigenvalue weighted by atomic mass is 10.2. The summed E-state index contributed by atoms with van der Waals surface area (Å²) in [5, 5.41) is 2.87. The Labute approximate surface area is 149 Å². The summed E-state index contributed by atoms with van der Waals surface area (Å²) < 4.78 is 3.75. The van der Waals surface area contributed by atoms with Crippen LogP contribution in [0.4, 0.5) is 5.95 Å². The molecule has 3 N–H and O–H groups in total. The maximum atomic E-state index is 12.4. The number of carbonyl (C=O) groups is 1. The van der Waals surface area contributed by atoms with Crippen molar-refractivity contribution < 1.29 is 4.79 Å². The molecule has 0 spiro atoms. The van der Waals surface area contributed by atoms with Gasteiger partial charge in [0.1, 0.15) is 11.2 Å². The number of rotatable bonds is 4. The fourth-order valence-electron chi connectivity index (χ4n) is 2.98. The zero-order valence-corrected chi connectivity index (χ0v) is 14.6. The van der Waals surface area contributed by atoms with Crippen molar-refractivity contribution in [3.63, 3.8) is 0 Å². The van der Waals surface area contributed by atoms with E-state index in [9.17, 15) is 4.79 Å². The average molecular weight is 349 g/mol. The van der Waals surface area contributed by atoms with E-state index in [0.717, 1.165) is 16.9 Å². The van der Waals surface area contributed by atoms with Crippen molar-refractivity contribution in [3.05, 3.63) is 53.6 Å². The summed E-state index contributed by atoms with van der Waals surface area (Å²) in [7, 11) is 0. The lowest BCUT2D eigenvalue weighted by molar-refractivity contribution is 0.0950. The Morgan fingerprint density at radius 2 is 2.12 bits per heavy atom. The molecule has 0 aliphatic carbocycles. The van der Waals surface area contributed by atoms with Gasteiger partial charge in [0.25, 0.3) is 5.91 Å². The largest absolute Gasteiger partial charge is 0.369 e. The highest BCUT2D eigenvalue weighted by atomic mass is 16.1. The molecule has 4 heterocycles. The number of nitrogens with zero attached hydrogens (tertiary/aromatic N) is 5. The first-order valence-corrected chi connectivity index (χ1v) is 8.39. The van der Waals surface area contributed by atoms with Crippen molar-refractivity contribution in [1.29, 1.82) is 0 Å². The molecule has 4 aromatic rings. The van der Waals surface area contributed by atoms with Gasteiger partial charge < -0.3 is 15.5 Å². The van der Waals surface area contributed by atoms with E-state index >= 15 is 0 Å². The number of hydrogen-bond acceptors (Lipinski definition) is 5. The number of nitrogens with one attached hydrogen (secondary N) is 1. The first-order valence-electron chi connectivity index (χ1n) is 8.39. The Morgan fingerprint density at radius 1 is 1.27 bits per heavy atom. The molecule has 1 amide bonds. The van der Waals surface area contributed by atoms with E-state index in [4.69, 9.17) is 5.73 Å². The minimum absolute atomic E-state index is 0.225. The fraction of sp³-hybridized carbons (Fsp3) is 0.222. The number of amides is 1. The van der Waals surface area contributed by atoms with Crippen LogP contribution < -0.4 is 11.1 Å². The number of nitrogen functional groups attached to an aromatic ring is 1. The van der Waals surface area contributed by atoms with Crippen LogP contribution in [-0.4, -0.2) is 29.8 Å². The SMILES string of the molecule is CCn1c(N)nc2cc(C(=O)NCc3cn4cc(C)ccc4n3)cnc21. The molecule has 4 rings (SSSR count). The van der Waals surface area contributed by atoms with Gasteiger partial charge in [0.15, 0.2) is 5.65 Å². The van der Waals surface area contributed by atoms with Crippen molar-refractivity contribution in [2.24, 2.45) is 0 Å². The van der Waals surface area contributed by atoms with Gasteiger partial charge in [-0.15, -0.1) is 0 Å². The molecule has 132 valence electrons. The third-order valence-electron chi connectivity index (χ3n) is 4.27. The number of aryl methyl sites for hydroxylation is 2. The molecular weight excluding hydrogens is 330 g/mol. The van der Waals surface area contributed by atoms with Crippen LogP contribution >= 0.6 is 0 Å². The van der Waals surface area contributed by atoms with Gasteiger partial charge in [-0.25, -0.2) is 15.0 Å². The van der Waals surface area contributed by atoms with Crippen LogP contribution in [0.2, 0.25) is 0 Å². The topological polar surface area (TPSA) is 103 Å². The van der Waals surface area contributed by atoms with Gasteiger partial charge in [-0.05, 0) is 31.5 Å². The molecule has 0 unspecified atom stereocenters. The molecule has 0 bridgehead atoms. The minimum atomic E-state index is -0.225. The van der Waals surface area contributed by atoms with E-state index in [-0.39, 0.29) is 5.91 Å². The Bertz CT molecular complexity index is 1130. The van der Waals surface area contributed by atoms with Crippen molar-refractivity contribution in [2.75, 3.05) is 5.73 Å². The molecule has 0 aromatic carbocycles. The summed E-state index contributed by atoms with van der Waals surface area (Å²) in [6.45, 7) is 5.00. The zero-order valence-electron chi connectivity index (χ0n) is 14.6. The molecule has 0 saturated carbocycles. The number of pyridine rings is 2. The minimum Gasteiger partial charge on any atom is -0.369 e. The molecule has 8 heteroatoms. The number of imidazole rings is 2. The maximum absolute atomic E-state index is 12.4. The zero-order chi connectivity index (χ0) is 18.3. The summed E-state index contributed by atoms with van der Waals surface area (Å²) in [6, 6.07) is 5.66. The van der Waals surface area contributed by atoms with Gasteiger partial charge >= 0.3 is 0 Å². The van der Waals surface area contributed by atoms with Crippen molar-refractivity contribution >= 4 is 28.7 Å². The molecule has 0 aliphatic rings. The van der Waals surface area contributed by atoms with Crippen molar-refractivity contribution in [2.45, 2.75) is 26.9 Å². The molecule has 0 saturated heterocycles. The molecule has 4 aromatic heterocycles. The fourth-order valence-corrected chi connectivity index (χ4v) is 2.98. The Balaban J connectivity index is 1.52. The monoisotopic (exact) mass is 349 g/mol. The molecule has 0 fully saturated rings. The smallest absolute Gasteiger partial charge is 0.253 e. The number of fused-ring (bicyclic) bond motifs is 2. The van der Waals surface area contributed by atoms with Gasteiger partial charge in [-0.2, -0.15) is 0 Å². The highest BCUT2D eigenvalue weighted by molar-refractivity contribution is 5.96. The molecule has 0 radical (unpaired) electrons. The van der Waals surface area contributed by atoms with E-state index in [1.165, 1.54) is 6.20 Å². The first-order chi connectivity index (χ1) is 12.5. The van der Waals surface area contributed by atoms with E-state index in [2.05, 4.69) is 20.3 Å². The normalized spacial score (nSPS) is 11.3. The highest BCUT2D eigenvalue weighted by Crippen LogP contribution is 2.16. The Morgan fingerprint density at radius 3 is 2.92 bits per heavy atom. The molecule has 26 heavy (non-hydrogen) atoms. The van der Waals surface area contributed by atoms with Gasteiger partial charge in [-0.1, -0.05) is 6.07 Å². The summed E-state index contributed by atoms with van der Waals surface area (Å²) in [4.78, 5) is 25.5. The van der Waals surface area contributed by atoms with Gasteiger partial charge in [0.05, 0.1) is 17.8 Å². The van der Waals surface area contributed by atoms with Gasteiger partial charge in [0, 0.05) is 25.1 Å². The second-order valence-electron chi connectivity index (χ2n) is 6.17. The van der Waals surface area contributed by atoms with Crippen LogP contribution in [-0.2, 0) is 13.1 Å². The van der Waals surface area contributed by atoms with Crippen LogP contribution in [0.1, 0.15) is 28.5 Å². The van der Waals surface area contributed by atoms with E-state index in [1.54, 1.807) is 10.6 Å². The Kier molecular flexibility index (Phi) is 3.80. The molecule has 0 aliphatic heterocycles. The second-order valence-corrected chi connectivity index (χ2v) is 6.17. The quantitative estimate of drug-likeness (QED) is 0.586. The van der Waals surface area contributed by atoms with Crippen molar-refractivity contribution in [1.82, 2.24) is 29.2 Å². The van der Waals surface area contributed by atoms with Crippen molar-refractivity contribution in [3.8, 4) is 0 Å². The van der Waals surface area contributed by atoms with Crippen LogP contribution in [0.15, 0.2) is 36.8 Å². The number of anilines is 1. The van der Waals surface area contributed by atoms with Gasteiger partial charge in [-0.3, -0.25) is 9.36 Å². The van der Waals surface area contributed by atoms with Crippen LogP contribution in [0.5, 0.6) is 0 Å². The van der Waals surface area contributed by atoms with Crippen LogP contribution in [0, 0.1) is 6.92 Å². The van der Waals surface area contributed by atoms with E-state index < -0.39 is 0 Å². The van der Waals surface area contributed by atoms with E-state index in [0.29, 0.717) is 35.8 Å². The first kappa shape index (κ1) is 16.1. The van der Waals surface area contributed by atoms with Crippen LogP contribution in [0.25, 0.3) is 16.8 Å². The molecule has 0 atom stereocenters. The highest BCUT2D eigenvalue weighted by Gasteiger charge is 2.13. The third kappa shape index (κ3) is 2.75. The third-order valence-corrected chi connectivity index (χ3v) is 4.27. The standard InChI is InChI=1S/C18H19N7O/c1-3-25-16-14(23-18(25)19)6-12(7-20-16)17(26)21-8-13-10-24-9-11(2)4-5-15(24)22-13/h4-7,9-10H,3,8H2,1-2H3,(H2,19,23)(H,21,26). The number of aromatic nitrogens is 5. The molecule has 8 nitrogen and oxygen atoms in total. The predicted octanol–water partition coefficient (Wildman–Crippen LogP) is 1.92. The number of nitrogens with two attached hydrogens (primary N) is 1. The number of hydrogen-bond donors (Lipinski definition) is 2. The molecular formula is C18H19N7O. The number of carbonyl (C=O) groups excluding carboxylic acids is 1. The lowest BCUT2D eigenvalue weighted by Gasteiger charge is -2.04. The Hall–Kier alpha value is -3.42. The second kappa shape index (κ2) is 6.14. The maximum Gasteiger partial charge on any atom is 0.253 e. The lowest BCUT2D eigenvalue weighted by Crippen LogP contribution is -2.23. The summed E-state index contributed by atoms with van der Waals surface area (Å²) in [5.41, 5.74) is 10.4. The van der Waals surface area contributed by atoms with Crippen LogP contribution in [0.3, 0.4) is 0 Å². The van der Waals surface area contributed by atoms with Gasteiger partial charge in [0.2, 0.25) is 5.95 Å². The average Bonchev–Trinajstić information content (AvgIpc) is 3.17. The predicted molar refractivity (Wildman–Crippen MR) is 98.7 cm³/mol.